The second kappa shape index (κ2) is 5.71. The molecule has 0 bridgehead atoms. The Morgan fingerprint density at radius 3 is 2.00 bits per heavy atom. The lowest BCUT2D eigenvalue weighted by molar-refractivity contribution is 0.00926. The first-order chi connectivity index (χ1) is 7.42. The second-order valence-electron chi connectivity index (χ2n) is 6.33. The molecule has 0 rings (SSSR count). The van der Waals surface area contributed by atoms with Crippen molar-refractivity contribution in [3.05, 3.63) is 0 Å². The molecule has 0 aromatic rings. The maximum Gasteiger partial charge on any atom is 0.410 e. The fourth-order valence-electron chi connectivity index (χ4n) is 1.27. The number of carbonyl (C=O) groups is 1. The van der Waals surface area contributed by atoms with Crippen LogP contribution in [0.4, 0.5) is 4.79 Å². The summed E-state index contributed by atoms with van der Waals surface area (Å²) in [5.41, 5.74) is -1.26. The van der Waals surface area contributed by atoms with E-state index in [0.717, 1.165) is 0 Å². The van der Waals surface area contributed by atoms with Crippen molar-refractivity contribution in [1.82, 2.24) is 4.90 Å². The van der Waals surface area contributed by atoms with Gasteiger partial charge in [-0.15, -0.1) is 0 Å². The number of carbonyl (C=O) groups excluding carboxylic acids is 1. The van der Waals surface area contributed by atoms with E-state index in [0.29, 0.717) is 13.0 Å². The SMILES string of the molecule is CC(C)N(CCC(C)(C)O)C(=O)OC(C)(C)C. The highest BCUT2D eigenvalue weighted by Crippen LogP contribution is 2.15. The van der Waals surface area contributed by atoms with E-state index in [-0.39, 0.29) is 12.1 Å². The summed E-state index contributed by atoms with van der Waals surface area (Å²) in [5.74, 6) is 0. The summed E-state index contributed by atoms with van der Waals surface area (Å²) in [7, 11) is 0. The van der Waals surface area contributed by atoms with Gasteiger partial charge in [0.2, 0.25) is 0 Å². The zero-order chi connectivity index (χ0) is 13.9. The third-order valence-corrected chi connectivity index (χ3v) is 2.22. The molecule has 1 amide bonds. The molecule has 0 aromatic heterocycles. The summed E-state index contributed by atoms with van der Waals surface area (Å²) in [6.45, 7) is 13.4. The summed E-state index contributed by atoms with van der Waals surface area (Å²) < 4.78 is 5.33. The third-order valence-electron chi connectivity index (χ3n) is 2.22. The smallest absolute Gasteiger partial charge is 0.410 e. The molecule has 0 unspecified atom stereocenters. The van der Waals surface area contributed by atoms with Crippen molar-refractivity contribution in [2.24, 2.45) is 0 Å². The van der Waals surface area contributed by atoms with Gasteiger partial charge in [-0.2, -0.15) is 0 Å². The molecule has 4 nitrogen and oxygen atoms in total. The molecule has 1 N–H and O–H groups in total. The van der Waals surface area contributed by atoms with Crippen molar-refractivity contribution in [3.63, 3.8) is 0 Å². The van der Waals surface area contributed by atoms with Gasteiger partial charge in [0.1, 0.15) is 5.60 Å². The maximum absolute atomic E-state index is 11.9. The highest BCUT2D eigenvalue weighted by atomic mass is 16.6. The van der Waals surface area contributed by atoms with Crippen molar-refractivity contribution in [2.45, 2.75) is 72.1 Å². The molecule has 4 heteroatoms. The van der Waals surface area contributed by atoms with Crippen LogP contribution in [0, 0.1) is 0 Å². The van der Waals surface area contributed by atoms with E-state index in [1.807, 2.05) is 34.6 Å². The van der Waals surface area contributed by atoms with Crippen LogP contribution in [-0.4, -0.2) is 39.9 Å². The molecule has 0 fully saturated rings. The highest BCUT2D eigenvalue weighted by molar-refractivity contribution is 5.68. The van der Waals surface area contributed by atoms with Gasteiger partial charge in [-0.05, 0) is 54.9 Å². The number of nitrogens with zero attached hydrogens (tertiary/aromatic N) is 1. The first-order valence-corrected chi connectivity index (χ1v) is 6.14. The van der Waals surface area contributed by atoms with E-state index in [4.69, 9.17) is 4.74 Å². The normalized spacial score (nSPS) is 12.8. The van der Waals surface area contributed by atoms with Crippen LogP contribution in [0.3, 0.4) is 0 Å². The number of hydrogen-bond donors (Lipinski definition) is 1. The highest BCUT2D eigenvalue weighted by Gasteiger charge is 2.25. The zero-order valence-electron chi connectivity index (χ0n) is 12.2. The Balaban J connectivity index is 4.48. The Morgan fingerprint density at radius 1 is 1.24 bits per heavy atom. The van der Waals surface area contributed by atoms with Gasteiger partial charge in [0, 0.05) is 12.6 Å². The van der Waals surface area contributed by atoms with E-state index < -0.39 is 11.2 Å². The Bertz CT molecular complexity index is 248. The summed E-state index contributed by atoms with van der Waals surface area (Å²) >= 11 is 0. The monoisotopic (exact) mass is 245 g/mol. The molecule has 0 radical (unpaired) electrons. The van der Waals surface area contributed by atoms with Crippen LogP contribution in [-0.2, 0) is 4.74 Å². The molecule has 102 valence electrons. The van der Waals surface area contributed by atoms with Crippen molar-refractivity contribution in [2.75, 3.05) is 6.54 Å². The van der Waals surface area contributed by atoms with Crippen LogP contribution in [0.15, 0.2) is 0 Å². The standard InChI is InChI=1S/C13H27NO3/c1-10(2)14(9-8-13(6,7)16)11(15)17-12(3,4)5/h10,16H,8-9H2,1-7H3. The largest absolute Gasteiger partial charge is 0.444 e. The summed E-state index contributed by atoms with van der Waals surface area (Å²) in [6.07, 6.45) is 0.210. The lowest BCUT2D eigenvalue weighted by Crippen LogP contribution is -2.43. The summed E-state index contributed by atoms with van der Waals surface area (Å²) in [5, 5.41) is 9.68. The van der Waals surface area contributed by atoms with E-state index >= 15 is 0 Å². The van der Waals surface area contributed by atoms with Crippen molar-refractivity contribution >= 4 is 6.09 Å². The Hall–Kier alpha value is -0.770. The van der Waals surface area contributed by atoms with Crippen LogP contribution in [0.2, 0.25) is 0 Å². The maximum atomic E-state index is 11.9. The molecule has 0 saturated carbocycles. The minimum absolute atomic E-state index is 0.0622. The van der Waals surface area contributed by atoms with Crippen LogP contribution in [0.5, 0.6) is 0 Å². The van der Waals surface area contributed by atoms with Gasteiger partial charge < -0.3 is 14.7 Å². The fourth-order valence-corrected chi connectivity index (χ4v) is 1.27. The number of amides is 1. The molecular formula is C13H27NO3. The topological polar surface area (TPSA) is 49.8 Å². The van der Waals surface area contributed by atoms with Crippen LogP contribution in [0.1, 0.15) is 54.9 Å². The second-order valence-corrected chi connectivity index (χ2v) is 6.33. The van der Waals surface area contributed by atoms with E-state index in [2.05, 4.69) is 0 Å². The van der Waals surface area contributed by atoms with E-state index in [9.17, 15) is 9.90 Å². The molecule has 0 aliphatic heterocycles. The van der Waals surface area contributed by atoms with Gasteiger partial charge in [0.05, 0.1) is 5.60 Å². The Morgan fingerprint density at radius 2 is 1.71 bits per heavy atom. The predicted molar refractivity (Wildman–Crippen MR) is 69.0 cm³/mol. The number of ether oxygens (including phenoxy) is 1. The fraction of sp³-hybridized carbons (Fsp3) is 0.923. The average Bonchev–Trinajstić information content (AvgIpc) is 1.96. The molecular weight excluding hydrogens is 218 g/mol. The van der Waals surface area contributed by atoms with Crippen molar-refractivity contribution in [3.8, 4) is 0 Å². The number of rotatable bonds is 4. The third kappa shape index (κ3) is 8.02. The number of aliphatic hydroxyl groups is 1. The van der Waals surface area contributed by atoms with Gasteiger partial charge in [-0.3, -0.25) is 0 Å². The van der Waals surface area contributed by atoms with Crippen LogP contribution < -0.4 is 0 Å². The van der Waals surface area contributed by atoms with Gasteiger partial charge in [0.15, 0.2) is 0 Å². The molecule has 0 heterocycles. The van der Waals surface area contributed by atoms with Crippen LogP contribution in [0.25, 0.3) is 0 Å². The van der Waals surface area contributed by atoms with E-state index in [1.165, 1.54) is 0 Å². The van der Waals surface area contributed by atoms with Gasteiger partial charge in [0.25, 0.3) is 0 Å². The predicted octanol–water partition coefficient (Wildman–Crippen LogP) is 2.79. The molecule has 0 aliphatic rings. The molecule has 17 heavy (non-hydrogen) atoms. The Kier molecular flexibility index (Phi) is 5.46. The molecule has 0 aliphatic carbocycles. The lowest BCUT2D eigenvalue weighted by Gasteiger charge is -2.31. The Labute approximate surface area is 105 Å². The molecule has 0 spiro atoms. The zero-order valence-corrected chi connectivity index (χ0v) is 12.2. The summed E-state index contributed by atoms with van der Waals surface area (Å²) in [4.78, 5) is 13.6. The lowest BCUT2D eigenvalue weighted by atomic mass is 10.1. The first-order valence-electron chi connectivity index (χ1n) is 6.14. The summed E-state index contributed by atoms with van der Waals surface area (Å²) in [6, 6.07) is 0.0622. The molecule has 0 saturated heterocycles. The van der Waals surface area contributed by atoms with Gasteiger partial charge in [-0.25, -0.2) is 4.79 Å². The first kappa shape index (κ1) is 16.2. The van der Waals surface area contributed by atoms with Gasteiger partial charge in [-0.1, -0.05) is 0 Å². The molecule has 0 aromatic carbocycles. The van der Waals surface area contributed by atoms with Crippen molar-refractivity contribution < 1.29 is 14.6 Å². The van der Waals surface area contributed by atoms with Crippen molar-refractivity contribution in [1.29, 1.82) is 0 Å². The van der Waals surface area contributed by atoms with E-state index in [1.54, 1.807) is 18.7 Å². The molecule has 0 atom stereocenters. The number of hydrogen-bond acceptors (Lipinski definition) is 3. The minimum Gasteiger partial charge on any atom is -0.444 e. The van der Waals surface area contributed by atoms with Gasteiger partial charge >= 0.3 is 6.09 Å². The average molecular weight is 245 g/mol. The quantitative estimate of drug-likeness (QED) is 0.828. The van der Waals surface area contributed by atoms with Crippen LogP contribution >= 0.6 is 0 Å². The minimum atomic E-state index is -0.769.